The third-order valence-electron chi connectivity index (χ3n) is 6.40. The van der Waals surface area contributed by atoms with Crippen LogP contribution >= 0.6 is 0 Å². The van der Waals surface area contributed by atoms with E-state index in [9.17, 15) is 13.2 Å². The number of methoxy groups -OCH3 is 1. The molecule has 176 valence electrons. The summed E-state index contributed by atoms with van der Waals surface area (Å²) in [6, 6.07) is 11.7. The quantitative estimate of drug-likeness (QED) is 0.536. The number of rotatable bonds is 7. The Hall–Kier alpha value is -2.84. The van der Waals surface area contributed by atoms with Crippen LogP contribution in [0, 0.1) is 0 Å². The van der Waals surface area contributed by atoms with Gasteiger partial charge in [0.05, 0.1) is 48.5 Å². The molecule has 1 fully saturated rings. The number of carbonyl (C=O) groups is 1. The van der Waals surface area contributed by atoms with Crippen molar-refractivity contribution in [3.05, 3.63) is 53.7 Å². The van der Waals surface area contributed by atoms with Crippen LogP contribution in [0.1, 0.15) is 42.2 Å². The third kappa shape index (κ3) is 4.25. The highest BCUT2D eigenvalue weighted by molar-refractivity contribution is 7.91. The van der Waals surface area contributed by atoms with E-state index in [1.165, 1.54) is 18.4 Å². The lowest BCUT2D eigenvalue weighted by molar-refractivity contribution is -0.918. The van der Waals surface area contributed by atoms with Gasteiger partial charge in [0, 0.05) is 12.4 Å². The Kier molecular flexibility index (Phi) is 6.76. The van der Waals surface area contributed by atoms with Gasteiger partial charge in [0.2, 0.25) is 9.84 Å². The van der Waals surface area contributed by atoms with Gasteiger partial charge in [0.25, 0.3) is 0 Å². The van der Waals surface area contributed by atoms with Gasteiger partial charge in [-0.15, -0.1) is 0 Å². The molecule has 0 radical (unpaired) electrons. The van der Waals surface area contributed by atoms with Crippen LogP contribution in [-0.2, 0) is 28.2 Å². The summed E-state index contributed by atoms with van der Waals surface area (Å²) in [6.07, 6.45) is 3.52. The molecule has 0 atom stereocenters. The number of nitrogens with zero attached hydrogens (tertiary/aromatic N) is 1. The maximum atomic E-state index is 13.8. The molecule has 0 spiro atoms. The zero-order valence-electron chi connectivity index (χ0n) is 19.4. The van der Waals surface area contributed by atoms with E-state index in [0.29, 0.717) is 23.0 Å². The molecule has 1 aromatic heterocycles. The highest BCUT2D eigenvalue weighted by Gasteiger charge is 2.34. The lowest BCUT2D eigenvalue weighted by Gasteiger charge is -2.24. The first-order valence-corrected chi connectivity index (χ1v) is 12.9. The predicted octanol–water partition coefficient (Wildman–Crippen LogP) is 2.77. The molecule has 1 aliphatic heterocycles. The van der Waals surface area contributed by atoms with E-state index in [1.54, 1.807) is 43.3 Å². The number of piperidine rings is 1. The maximum absolute atomic E-state index is 13.8. The number of likely N-dealkylation sites (tertiary alicyclic amines) is 1. The molecule has 0 aliphatic carbocycles. The van der Waals surface area contributed by atoms with Crippen LogP contribution < -0.4 is 9.64 Å². The second-order valence-corrected chi connectivity index (χ2v) is 10.3. The summed E-state index contributed by atoms with van der Waals surface area (Å²) in [4.78, 5) is 14.8. The first kappa shape index (κ1) is 23.3. The summed E-state index contributed by atoms with van der Waals surface area (Å²) in [5.41, 5.74) is 1.78. The van der Waals surface area contributed by atoms with Crippen molar-refractivity contribution in [2.24, 2.45) is 7.05 Å². The van der Waals surface area contributed by atoms with Gasteiger partial charge in [-0.25, -0.2) is 13.2 Å². The van der Waals surface area contributed by atoms with Crippen molar-refractivity contribution in [3.8, 4) is 5.75 Å². The van der Waals surface area contributed by atoms with E-state index >= 15 is 0 Å². The zero-order chi connectivity index (χ0) is 23.6. The van der Waals surface area contributed by atoms with Crippen molar-refractivity contribution in [2.45, 2.75) is 42.5 Å². The van der Waals surface area contributed by atoms with Crippen molar-refractivity contribution in [1.82, 2.24) is 4.57 Å². The number of quaternary nitrogens is 1. The molecule has 1 saturated heterocycles. The van der Waals surface area contributed by atoms with Gasteiger partial charge in [-0.2, -0.15) is 0 Å². The molecule has 0 saturated carbocycles. The summed E-state index contributed by atoms with van der Waals surface area (Å²) in [6.45, 7) is 4.65. The van der Waals surface area contributed by atoms with E-state index in [-0.39, 0.29) is 22.1 Å². The number of aryl methyl sites for hydroxylation is 1. The van der Waals surface area contributed by atoms with Crippen LogP contribution in [0.4, 0.5) is 0 Å². The van der Waals surface area contributed by atoms with E-state index < -0.39 is 15.8 Å². The number of ether oxygens (including phenoxy) is 2. The minimum Gasteiger partial charge on any atom is -0.495 e. The molecule has 0 amide bonds. The Morgan fingerprint density at radius 3 is 2.39 bits per heavy atom. The fourth-order valence-electron chi connectivity index (χ4n) is 4.77. The van der Waals surface area contributed by atoms with E-state index in [4.69, 9.17) is 9.47 Å². The lowest BCUT2D eigenvalue weighted by Crippen LogP contribution is -3.11. The fourth-order valence-corrected chi connectivity index (χ4v) is 6.41. The summed E-state index contributed by atoms with van der Waals surface area (Å²) in [5, 5.41) is 0.366. The number of nitrogens with one attached hydrogen (secondary N) is 1. The number of sulfone groups is 1. The average molecular weight is 472 g/mol. The van der Waals surface area contributed by atoms with Crippen LogP contribution in [0.15, 0.2) is 52.3 Å². The zero-order valence-corrected chi connectivity index (χ0v) is 20.2. The predicted molar refractivity (Wildman–Crippen MR) is 126 cm³/mol. The number of carbonyl (C=O) groups excluding carboxylic acids is 1. The van der Waals surface area contributed by atoms with Gasteiger partial charge in [0.15, 0.2) is 0 Å². The molecule has 0 unspecified atom stereocenters. The Morgan fingerprint density at radius 1 is 1.06 bits per heavy atom. The first-order valence-electron chi connectivity index (χ1n) is 11.4. The number of fused-ring (bicyclic) bond motifs is 1. The first-order chi connectivity index (χ1) is 15.9. The van der Waals surface area contributed by atoms with Crippen LogP contribution in [0.25, 0.3) is 10.9 Å². The maximum Gasteiger partial charge on any atom is 0.340 e. The van der Waals surface area contributed by atoms with Crippen LogP contribution in [0.3, 0.4) is 0 Å². The number of aromatic nitrogens is 1. The van der Waals surface area contributed by atoms with E-state index in [1.807, 2.05) is 17.7 Å². The molecule has 2 aromatic carbocycles. The largest absolute Gasteiger partial charge is 0.495 e. The van der Waals surface area contributed by atoms with Gasteiger partial charge in [0.1, 0.15) is 17.2 Å². The normalized spacial score (nSPS) is 15.0. The lowest BCUT2D eigenvalue weighted by atomic mass is 10.1. The SMILES string of the molecule is CCOC(=O)c1c(C[NH+]2CCCCC2)n(C)c2ccc(OC)c(S(=O)(=O)c3ccccc3)c12. The van der Waals surface area contributed by atoms with Crippen molar-refractivity contribution in [2.75, 3.05) is 26.8 Å². The molecule has 33 heavy (non-hydrogen) atoms. The van der Waals surface area contributed by atoms with Crippen LogP contribution in [0.2, 0.25) is 0 Å². The van der Waals surface area contributed by atoms with Crippen molar-refractivity contribution in [1.29, 1.82) is 0 Å². The molecular formula is C25H31N2O5S+. The monoisotopic (exact) mass is 471 g/mol. The Morgan fingerprint density at radius 2 is 1.76 bits per heavy atom. The molecule has 3 aromatic rings. The third-order valence-corrected chi connectivity index (χ3v) is 8.24. The smallest absolute Gasteiger partial charge is 0.340 e. The Bertz CT molecular complexity index is 1260. The number of esters is 1. The Labute approximate surface area is 194 Å². The minimum atomic E-state index is -3.97. The standard InChI is InChI=1S/C25H30N2O5S/c1-4-32-25(28)23-20(17-27-15-9-6-10-16-27)26(2)19-13-14-21(31-3)24(22(19)23)33(29,30)18-11-7-5-8-12-18/h5,7-8,11-14H,4,6,9-10,15-17H2,1-3H3/p+1. The molecule has 7 nitrogen and oxygen atoms in total. The molecule has 2 heterocycles. The second kappa shape index (κ2) is 9.57. The van der Waals surface area contributed by atoms with Gasteiger partial charge < -0.3 is 18.9 Å². The summed E-state index contributed by atoms with van der Waals surface area (Å²) in [5.74, 6) is -0.299. The molecule has 4 rings (SSSR count). The van der Waals surface area contributed by atoms with Gasteiger partial charge in [-0.1, -0.05) is 18.2 Å². The molecule has 0 bridgehead atoms. The second-order valence-electron chi connectivity index (χ2n) is 8.40. The van der Waals surface area contributed by atoms with Crippen LogP contribution in [0.5, 0.6) is 5.75 Å². The minimum absolute atomic E-state index is 0.00671. The number of benzene rings is 2. The summed E-state index contributed by atoms with van der Waals surface area (Å²) in [7, 11) is -0.643. The number of hydrogen-bond donors (Lipinski definition) is 1. The average Bonchev–Trinajstić information content (AvgIpc) is 3.11. The molecule has 1 aliphatic rings. The Balaban J connectivity index is 2.03. The van der Waals surface area contributed by atoms with Gasteiger partial charge >= 0.3 is 5.97 Å². The number of hydrogen-bond acceptors (Lipinski definition) is 5. The highest BCUT2D eigenvalue weighted by Crippen LogP contribution is 2.40. The van der Waals surface area contributed by atoms with Crippen molar-refractivity contribution in [3.63, 3.8) is 0 Å². The van der Waals surface area contributed by atoms with Gasteiger partial charge in [-0.3, -0.25) is 0 Å². The van der Waals surface area contributed by atoms with E-state index in [2.05, 4.69) is 0 Å². The fraction of sp³-hybridized carbons (Fsp3) is 0.400. The van der Waals surface area contributed by atoms with Crippen molar-refractivity contribution < 1.29 is 27.6 Å². The highest BCUT2D eigenvalue weighted by atomic mass is 32.2. The topological polar surface area (TPSA) is 79.0 Å². The van der Waals surface area contributed by atoms with Crippen molar-refractivity contribution >= 4 is 26.7 Å². The van der Waals surface area contributed by atoms with Crippen LogP contribution in [-0.4, -0.2) is 45.8 Å². The summed E-state index contributed by atoms with van der Waals surface area (Å²) < 4.78 is 40.5. The molecule has 1 N–H and O–H groups in total. The molecular weight excluding hydrogens is 440 g/mol. The summed E-state index contributed by atoms with van der Waals surface area (Å²) >= 11 is 0. The van der Waals surface area contributed by atoms with E-state index in [0.717, 1.165) is 31.6 Å². The van der Waals surface area contributed by atoms with Gasteiger partial charge in [-0.05, 0) is 50.5 Å². The molecule has 8 heteroatoms.